The van der Waals surface area contributed by atoms with Gasteiger partial charge in [-0.15, -0.1) is 0 Å². The van der Waals surface area contributed by atoms with Gasteiger partial charge in [0, 0.05) is 44.1 Å². The summed E-state index contributed by atoms with van der Waals surface area (Å²) in [5.74, 6) is 0.0394. The summed E-state index contributed by atoms with van der Waals surface area (Å²) in [6, 6.07) is 0. The van der Waals surface area contributed by atoms with E-state index in [1.807, 2.05) is 0 Å². The normalized spacial score (nSPS) is 7.14. The molecule has 0 fully saturated rings. The second-order valence-electron chi connectivity index (χ2n) is 1.18. The second kappa shape index (κ2) is 6.68. The number of ketones is 1. The smallest absolute Gasteiger partial charge is 0.132 e. The van der Waals surface area contributed by atoms with Gasteiger partial charge >= 0.3 is 0 Å². The van der Waals surface area contributed by atoms with Gasteiger partial charge in [0.1, 0.15) is 5.78 Å². The molecule has 0 atom stereocenters. The third-order valence-corrected chi connectivity index (χ3v) is 0.464. The molecule has 0 bridgehead atoms. The molecule has 0 aliphatic rings. The number of hydrogen-bond acceptors (Lipinski definition) is 2. The molecule has 7 heavy (non-hydrogen) atoms. The van der Waals surface area contributed by atoms with Crippen LogP contribution in [0.3, 0.4) is 0 Å². The average Bonchev–Trinajstić information content (AvgIpc) is 1.35. The van der Waals surface area contributed by atoms with E-state index in [1.165, 1.54) is 6.92 Å². The molecule has 0 saturated carbocycles. The van der Waals surface area contributed by atoms with Crippen LogP contribution in [0.1, 0.15) is 13.3 Å². The van der Waals surface area contributed by atoms with Gasteiger partial charge < -0.3 is 5.11 Å². The monoisotopic (exact) mass is 326 g/mol. The van der Waals surface area contributed by atoms with Crippen LogP contribution in [0.15, 0.2) is 0 Å². The van der Waals surface area contributed by atoms with E-state index < -0.39 is 0 Å². The Morgan fingerprint density at radius 3 is 2.14 bits per heavy atom. The Bertz CT molecular complexity index is 53.7. The number of carbonyl (C=O) groups is 1. The van der Waals surface area contributed by atoms with Gasteiger partial charge in [-0.2, -0.15) is 0 Å². The van der Waals surface area contributed by atoms with E-state index in [9.17, 15) is 4.79 Å². The van der Waals surface area contributed by atoms with Crippen molar-refractivity contribution in [3.63, 3.8) is 0 Å². The van der Waals surface area contributed by atoms with Gasteiger partial charge in [-0.05, 0) is 6.92 Å². The SMILES string of the molecule is CC(=O)CCO.[U]. The molecule has 0 unspecified atom stereocenters. The average molecular weight is 326 g/mol. The van der Waals surface area contributed by atoms with Gasteiger partial charge in [-0.3, -0.25) is 4.79 Å². The maximum absolute atomic E-state index is 9.88. The summed E-state index contributed by atoms with van der Waals surface area (Å²) >= 11 is 0. The van der Waals surface area contributed by atoms with Crippen LogP contribution in [0.25, 0.3) is 0 Å². The summed E-state index contributed by atoms with van der Waals surface area (Å²) in [5, 5.41) is 8.02. The van der Waals surface area contributed by atoms with Crippen molar-refractivity contribution in [1.82, 2.24) is 0 Å². The molecule has 0 rings (SSSR count). The predicted octanol–water partition coefficient (Wildman–Crippen LogP) is -0.0422. The number of aliphatic hydroxyl groups excluding tert-OH is 1. The molecule has 1 N–H and O–H groups in total. The Morgan fingerprint density at radius 2 is 2.14 bits per heavy atom. The first-order valence-electron chi connectivity index (χ1n) is 1.87. The molecule has 3 heteroatoms. The van der Waals surface area contributed by atoms with Crippen molar-refractivity contribution in [3.05, 3.63) is 0 Å². The first-order valence-corrected chi connectivity index (χ1v) is 1.87. The Morgan fingerprint density at radius 1 is 1.71 bits per heavy atom. The summed E-state index contributed by atoms with van der Waals surface area (Å²) in [6.45, 7) is 1.44. The number of rotatable bonds is 2. The minimum Gasteiger partial charge on any atom is -0.396 e. The van der Waals surface area contributed by atoms with Crippen molar-refractivity contribution in [2.75, 3.05) is 6.61 Å². The van der Waals surface area contributed by atoms with Crippen molar-refractivity contribution in [1.29, 1.82) is 0 Å². The van der Waals surface area contributed by atoms with Gasteiger partial charge in [0.05, 0.1) is 0 Å². The second-order valence-corrected chi connectivity index (χ2v) is 1.18. The van der Waals surface area contributed by atoms with Gasteiger partial charge in [0.2, 0.25) is 0 Å². The van der Waals surface area contributed by atoms with E-state index in [-0.39, 0.29) is 43.5 Å². The molecule has 0 aromatic rings. The van der Waals surface area contributed by atoms with E-state index in [1.54, 1.807) is 0 Å². The number of hydrogen-bond donors (Lipinski definition) is 1. The van der Waals surface area contributed by atoms with Crippen LogP contribution in [0.4, 0.5) is 0 Å². The summed E-state index contributed by atoms with van der Waals surface area (Å²) < 4.78 is 0. The van der Waals surface area contributed by atoms with Gasteiger partial charge in [0.25, 0.3) is 0 Å². The zero-order valence-corrected chi connectivity index (χ0v) is 8.43. The quantitative estimate of drug-likeness (QED) is 0.773. The van der Waals surface area contributed by atoms with E-state index >= 15 is 0 Å². The minimum atomic E-state index is -0.0185. The Balaban J connectivity index is 0. The van der Waals surface area contributed by atoms with E-state index in [4.69, 9.17) is 5.11 Å². The molecule has 40 valence electrons. The van der Waals surface area contributed by atoms with E-state index in [0.717, 1.165) is 0 Å². The minimum absolute atomic E-state index is 0. The number of Topliss-reactive ketones (excluding diaryl/α,β-unsaturated/α-hetero) is 1. The van der Waals surface area contributed by atoms with Crippen LogP contribution in [0.2, 0.25) is 0 Å². The van der Waals surface area contributed by atoms with Crippen LogP contribution in [-0.4, -0.2) is 17.5 Å². The van der Waals surface area contributed by atoms with E-state index in [2.05, 4.69) is 0 Å². The van der Waals surface area contributed by atoms with Crippen LogP contribution in [-0.2, 0) is 4.79 Å². The molecule has 0 saturated heterocycles. The van der Waals surface area contributed by atoms with Crippen LogP contribution in [0.5, 0.6) is 0 Å². The topological polar surface area (TPSA) is 37.3 Å². The standard InChI is InChI=1S/C4H8O2.U/c1-4(6)2-3-5;/h5H,2-3H2,1H3;. The Kier molecular flexibility index (Phi) is 10.1. The van der Waals surface area contributed by atoms with Crippen molar-refractivity contribution < 1.29 is 41.0 Å². The fourth-order valence-electron chi connectivity index (χ4n) is 0.157. The van der Waals surface area contributed by atoms with Gasteiger partial charge in [0.15, 0.2) is 0 Å². The van der Waals surface area contributed by atoms with Gasteiger partial charge in [-0.1, -0.05) is 0 Å². The first kappa shape index (κ1) is 10.6. The van der Waals surface area contributed by atoms with Crippen molar-refractivity contribution >= 4 is 5.78 Å². The largest absolute Gasteiger partial charge is 0.396 e. The predicted molar refractivity (Wildman–Crippen MR) is 22.4 cm³/mol. The molecule has 0 heterocycles. The first-order chi connectivity index (χ1) is 2.77. The molecule has 0 amide bonds. The molecule has 0 aromatic heterocycles. The fraction of sp³-hybridized carbons (Fsp3) is 0.750. The van der Waals surface area contributed by atoms with Crippen molar-refractivity contribution in [2.24, 2.45) is 0 Å². The molecule has 2 nitrogen and oxygen atoms in total. The summed E-state index contributed by atoms with van der Waals surface area (Å²) in [6.07, 6.45) is 0.292. The Labute approximate surface area is 66.7 Å². The molecular formula is C4H8O2U. The maximum Gasteiger partial charge on any atom is 0.132 e. The molecule has 0 radical (unpaired) electrons. The Hall–Kier alpha value is 0.682. The zero-order chi connectivity index (χ0) is 4.99. The summed E-state index contributed by atoms with van der Waals surface area (Å²) in [5.41, 5.74) is 0. The van der Waals surface area contributed by atoms with Gasteiger partial charge in [-0.25, -0.2) is 0 Å². The van der Waals surface area contributed by atoms with Crippen molar-refractivity contribution in [2.45, 2.75) is 13.3 Å². The molecule has 0 aliphatic carbocycles. The van der Waals surface area contributed by atoms with Crippen LogP contribution in [0, 0.1) is 31.1 Å². The number of aliphatic hydroxyl groups is 1. The molecular weight excluding hydrogens is 318 g/mol. The zero-order valence-electron chi connectivity index (χ0n) is 4.27. The molecule has 0 aromatic carbocycles. The van der Waals surface area contributed by atoms with Crippen LogP contribution < -0.4 is 0 Å². The fourth-order valence-corrected chi connectivity index (χ4v) is 0.157. The van der Waals surface area contributed by atoms with Crippen LogP contribution >= 0.6 is 0 Å². The molecule has 0 aliphatic heterocycles. The number of carbonyl (C=O) groups excluding carboxylic acids is 1. The summed E-state index contributed by atoms with van der Waals surface area (Å²) in [7, 11) is 0. The van der Waals surface area contributed by atoms with E-state index in [0.29, 0.717) is 6.42 Å². The third-order valence-electron chi connectivity index (χ3n) is 0.464. The molecule has 0 spiro atoms. The summed E-state index contributed by atoms with van der Waals surface area (Å²) in [4.78, 5) is 9.88. The third kappa shape index (κ3) is 10.8. The van der Waals surface area contributed by atoms with Crippen molar-refractivity contribution in [3.8, 4) is 0 Å². The maximum atomic E-state index is 9.88.